The van der Waals surface area contributed by atoms with Crippen molar-refractivity contribution >= 4 is 0 Å². The van der Waals surface area contributed by atoms with E-state index in [0.717, 1.165) is 12.1 Å². The molecule has 0 aromatic carbocycles. The second kappa shape index (κ2) is 3.73. The zero-order chi connectivity index (χ0) is 10.1. The lowest BCUT2D eigenvalue weighted by atomic mass is 9.91. The van der Waals surface area contributed by atoms with Crippen molar-refractivity contribution in [3.63, 3.8) is 0 Å². The second-order valence-electron chi connectivity index (χ2n) is 4.48. The molecule has 3 unspecified atom stereocenters. The number of aliphatic hydroxyl groups excluding tert-OH is 1. The highest BCUT2D eigenvalue weighted by atomic mass is 16.3. The molecule has 3 heteroatoms. The Morgan fingerprint density at radius 3 is 2.86 bits per heavy atom. The standard InChI is InChI=1S/C11H18N2O/c1-8-4-3-5-9(8)11(14)10-6-13(2)7-12-10/h6-9,11,14H,3-5H2,1-2H3. The maximum absolute atomic E-state index is 10.1. The number of rotatable bonds is 2. The van der Waals surface area contributed by atoms with Crippen molar-refractivity contribution in [3.8, 4) is 0 Å². The van der Waals surface area contributed by atoms with Crippen molar-refractivity contribution in [2.24, 2.45) is 18.9 Å². The van der Waals surface area contributed by atoms with E-state index in [1.807, 2.05) is 17.8 Å². The zero-order valence-electron chi connectivity index (χ0n) is 8.85. The molecular formula is C11H18N2O. The summed E-state index contributed by atoms with van der Waals surface area (Å²) in [5.41, 5.74) is 0.825. The first-order valence-corrected chi connectivity index (χ1v) is 5.34. The maximum Gasteiger partial charge on any atom is 0.101 e. The van der Waals surface area contributed by atoms with Crippen LogP contribution in [0.15, 0.2) is 12.5 Å². The summed E-state index contributed by atoms with van der Waals surface area (Å²) in [7, 11) is 1.93. The Kier molecular flexibility index (Phi) is 2.59. The molecule has 14 heavy (non-hydrogen) atoms. The van der Waals surface area contributed by atoms with Crippen LogP contribution in [0.3, 0.4) is 0 Å². The number of nitrogens with zero attached hydrogens (tertiary/aromatic N) is 2. The molecule has 1 fully saturated rings. The summed E-state index contributed by atoms with van der Waals surface area (Å²) in [5, 5.41) is 10.1. The van der Waals surface area contributed by atoms with Gasteiger partial charge in [0.1, 0.15) is 6.10 Å². The van der Waals surface area contributed by atoms with E-state index in [1.54, 1.807) is 6.33 Å². The summed E-state index contributed by atoms with van der Waals surface area (Å²) in [5.74, 6) is 1.04. The van der Waals surface area contributed by atoms with Crippen molar-refractivity contribution in [2.45, 2.75) is 32.3 Å². The van der Waals surface area contributed by atoms with E-state index in [2.05, 4.69) is 11.9 Å². The van der Waals surface area contributed by atoms with Crippen LogP contribution in [0.25, 0.3) is 0 Å². The average Bonchev–Trinajstić information content (AvgIpc) is 2.73. The molecule has 1 heterocycles. The fraction of sp³-hybridized carbons (Fsp3) is 0.727. The molecule has 0 amide bonds. The van der Waals surface area contributed by atoms with Crippen LogP contribution in [0.1, 0.15) is 38.0 Å². The molecule has 3 nitrogen and oxygen atoms in total. The number of hydrogen-bond donors (Lipinski definition) is 1. The van der Waals surface area contributed by atoms with Gasteiger partial charge in [0, 0.05) is 13.2 Å². The third-order valence-corrected chi connectivity index (χ3v) is 3.36. The minimum atomic E-state index is -0.367. The van der Waals surface area contributed by atoms with E-state index in [1.165, 1.54) is 12.8 Å². The van der Waals surface area contributed by atoms with Crippen LogP contribution in [0, 0.1) is 11.8 Å². The smallest absolute Gasteiger partial charge is 0.101 e. The molecule has 0 saturated heterocycles. The Balaban J connectivity index is 2.11. The maximum atomic E-state index is 10.1. The molecule has 2 rings (SSSR count). The van der Waals surface area contributed by atoms with Gasteiger partial charge in [-0.2, -0.15) is 0 Å². The summed E-state index contributed by atoms with van der Waals surface area (Å²) < 4.78 is 1.89. The first-order valence-electron chi connectivity index (χ1n) is 5.34. The highest BCUT2D eigenvalue weighted by Crippen LogP contribution is 2.39. The monoisotopic (exact) mass is 194 g/mol. The quantitative estimate of drug-likeness (QED) is 0.780. The largest absolute Gasteiger partial charge is 0.386 e. The fourth-order valence-corrected chi connectivity index (χ4v) is 2.45. The molecule has 0 bridgehead atoms. The summed E-state index contributed by atoms with van der Waals surface area (Å²) in [6, 6.07) is 0. The Hall–Kier alpha value is -0.830. The summed E-state index contributed by atoms with van der Waals surface area (Å²) >= 11 is 0. The summed E-state index contributed by atoms with van der Waals surface area (Å²) in [6.07, 6.45) is 6.92. The van der Waals surface area contributed by atoms with Crippen molar-refractivity contribution in [1.29, 1.82) is 0 Å². The third kappa shape index (κ3) is 1.69. The molecule has 1 aliphatic rings. The molecule has 0 aliphatic heterocycles. The van der Waals surface area contributed by atoms with Crippen LogP contribution >= 0.6 is 0 Å². The van der Waals surface area contributed by atoms with Crippen LogP contribution in [-0.2, 0) is 7.05 Å². The van der Waals surface area contributed by atoms with Crippen LogP contribution in [0.4, 0.5) is 0 Å². The minimum absolute atomic E-state index is 0.367. The van der Waals surface area contributed by atoms with Crippen molar-refractivity contribution in [3.05, 3.63) is 18.2 Å². The summed E-state index contributed by atoms with van der Waals surface area (Å²) in [6.45, 7) is 2.23. The van der Waals surface area contributed by atoms with E-state index in [9.17, 15) is 5.11 Å². The molecule has 0 spiro atoms. The van der Waals surface area contributed by atoms with Gasteiger partial charge in [-0.3, -0.25) is 0 Å². The van der Waals surface area contributed by atoms with Gasteiger partial charge in [-0.15, -0.1) is 0 Å². The highest BCUT2D eigenvalue weighted by Gasteiger charge is 2.31. The van der Waals surface area contributed by atoms with Crippen LogP contribution in [0.5, 0.6) is 0 Å². The van der Waals surface area contributed by atoms with Crippen LogP contribution in [-0.4, -0.2) is 14.7 Å². The minimum Gasteiger partial charge on any atom is -0.386 e. The molecule has 1 saturated carbocycles. The highest BCUT2D eigenvalue weighted by molar-refractivity contribution is 5.03. The lowest BCUT2D eigenvalue weighted by molar-refractivity contribution is 0.0865. The predicted molar refractivity (Wildman–Crippen MR) is 54.7 cm³/mol. The topological polar surface area (TPSA) is 38.0 Å². The molecule has 1 aromatic heterocycles. The predicted octanol–water partition coefficient (Wildman–Crippen LogP) is 1.89. The fourth-order valence-electron chi connectivity index (χ4n) is 2.45. The molecule has 1 aromatic rings. The molecule has 1 N–H and O–H groups in total. The lowest BCUT2D eigenvalue weighted by Gasteiger charge is -2.20. The second-order valence-corrected chi connectivity index (χ2v) is 4.48. The third-order valence-electron chi connectivity index (χ3n) is 3.36. The van der Waals surface area contributed by atoms with Crippen molar-refractivity contribution in [2.75, 3.05) is 0 Å². The average molecular weight is 194 g/mol. The SMILES string of the molecule is CC1CCCC1C(O)c1cn(C)cn1. The Bertz CT molecular complexity index is 308. The number of aliphatic hydroxyl groups is 1. The molecule has 1 aliphatic carbocycles. The number of hydrogen-bond acceptors (Lipinski definition) is 2. The van der Waals surface area contributed by atoms with Gasteiger partial charge in [0.2, 0.25) is 0 Å². The van der Waals surface area contributed by atoms with Crippen molar-refractivity contribution in [1.82, 2.24) is 9.55 Å². The first-order chi connectivity index (χ1) is 6.68. The van der Waals surface area contributed by atoms with E-state index >= 15 is 0 Å². The van der Waals surface area contributed by atoms with Gasteiger partial charge in [-0.05, 0) is 18.3 Å². The van der Waals surface area contributed by atoms with Gasteiger partial charge < -0.3 is 9.67 Å². The van der Waals surface area contributed by atoms with E-state index < -0.39 is 0 Å². The lowest BCUT2D eigenvalue weighted by Crippen LogP contribution is -2.15. The van der Waals surface area contributed by atoms with Crippen LogP contribution < -0.4 is 0 Å². The Morgan fingerprint density at radius 2 is 2.36 bits per heavy atom. The number of aromatic nitrogens is 2. The van der Waals surface area contributed by atoms with Gasteiger partial charge >= 0.3 is 0 Å². The molecule has 78 valence electrons. The van der Waals surface area contributed by atoms with Gasteiger partial charge in [0.05, 0.1) is 12.0 Å². The molecule has 3 atom stereocenters. The van der Waals surface area contributed by atoms with E-state index in [-0.39, 0.29) is 6.10 Å². The van der Waals surface area contributed by atoms with Gasteiger partial charge in [-0.1, -0.05) is 19.8 Å². The van der Waals surface area contributed by atoms with Gasteiger partial charge in [0.25, 0.3) is 0 Å². The Labute approximate surface area is 84.8 Å². The number of aryl methyl sites for hydroxylation is 1. The normalized spacial score (nSPS) is 29.4. The van der Waals surface area contributed by atoms with Crippen LogP contribution in [0.2, 0.25) is 0 Å². The van der Waals surface area contributed by atoms with E-state index in [4.69, 9.17) is 0 Å². The Morgan fingerprint density at radius 1 is 1.57 bits per heavy atom. The van der Waals surface area contributed by atoms with Gasteiger partial charge in [-0.25, -0.2) is 4.98 Å². The van der Waals surface area contributed by atoms with Crippen molar-refractivity contribution < 1.29 is 5.11 Å². The summed E-state index contributed by atoms with van der Waals surface area (Å²) in [4.78, 5) is 4.21. The molecular weight excluding hydrogens is 176 g/mol. The first kappa shape index (κ1) is 9.71. The molecule has 0 radical (unpaired) electrons. The van der Waals surface area contributed by atoms with Gasteiger partial charge in [0.15, 0.2) is 0 Å². The zero-order valence-corrected chi connectivity index (χ0v) is 8.85. The number of imidazole rings is 1. The van der Waals surface area contributed by atoms with E-state index in [0.29, 0.717) is 11.8 Å².